The predicted octanol–water partition coefficient (Wildman–Crippen LogP) is 3.80. The number of rotatable bonds is 6. The Bertz CT molecular complexity index is 1220. The minimum Gasteiger partial charge on any atom is -0.369 e. The minimum absolute atomic E-state index is 0.0928. The Morgan fingerprint density at radius 2 is 1.52 bits per heavy atom. The van der Waals surface area contributed by atoms with Gasteiger partial charge in [0.2, 0.25) is 0 Å². The number of hydrogen-bond donors (Lipinski definition) is 2. The summed E-state index contributed by atoms with van der Waals surface area (Å²) in [5.41, 5.74) is 3.86. The lowest BCUT2D eigenvalue weighted by Gasteiger charge is -2.35. The number of likely N-dealkylation sites (N-methyl/N-ethyl adjacent to an activating group) is 1. The molecule has 2 N–H and O–H groups in total. The fourth-order valence-electron chi connectivity index (χ4n) is 3.84. The Labute approximate surface area is 195 Å². The van der Waals surface area contributed by atoms with Crippen LogP contribution >= 0.6 is 0 Å². The standard InChI is InChI=1S/C25H28N4O3S/c1-19-18-22(10-13-24(19)29-16-14-28(2)15-17-29)26-25(30)20-8-11-23(12-9-20)33(31,32)27-21-6-4-3-5-7-21/h3-13,18,27H,14-17H2,1-2H3,(H,26,30). The zero-order valence-electron chi connectivity index (χ0n) is 18.8. The normalized spacial score (nSPS) is 14.7. The molecule has 0 atom stereocenters. The average Bonchev–Trinajstić information content (AvgIpc) is 2.80. The van der Waals surface area contributed by atoms with Crippen molar-refractivity contribution >= 4 is 33.0 Å². The molecular weight excluding hydrogens is 436 g/mol. The summed E-state index contributed by atoms with van der Waals surface area (Å²) in [6.45, 7) is 6.08. The van der Waals surface area contributed by atoms with E-state index in [0.717, 1.165) is 31.7 Å². The Hall–Kier alpha value is -3.36. The molecule has 1 heterocycles. The summed E-state index contributed by atoms with van der Waals surface area (Å²) < 4.78 is 27.7. The Kier molecular flexibility index (Phi) is 6.67. The van der Waals surface area contributed by atoms with E-state index >= 15 is 0 Å². The van der Waals surface area contributed by atoms with Gasteiger partial charge in [0, 0.05) is 48.8 Å². The molecule has 0 spiro atoms. The SMILES string of the molecule is Cc1cc(NC(=O)c2ccc(S(=O)(=O)Nc3ccccc3)cc2)ccc1N1CCN(C)CC1. The van der Waals surface area contributed by atoms with E-state index in [0.29, 0.717) is 16.9 Å². The van der Waals surface area contributed by atoms with Gasteiger partial charge < -0.3 is 15.1 Å². The molecule has 0 aliphatic carbocycles. The third-order valence-corrected chi connectivity index (χ3v) is 7.15. The van der Waals surface area contributed by atoms with Gasteiger partial charge in [-0.15, -0.1) is 0 Å². The number of benzene rings is 3. The number of piperazine rings is 1. The molecule has 0 unspecified atom stereocenters. The molecule has 1 amide bonds. The van der Waals surface area contributed by atoms with Gasteiger partial charge in [0.05, 0.1) is 4.90 Å². The maximum Gasteiger partial charge on any atom is 0.261 e. The van der Waals surface area contributed by atoms with Crippen molar-refractivity contribution in [1.29, 1.82) is 0 Å². The number of aryl methyl sites for hydroxylation is 1. The molecule has 3 aromatic rings. The number of nitrogens with zero attached hydrogens (tertiary/aromatic N) is 2. The first-order chi connectivity index (χ1) is 15.8. The Morgan fingerprint density at radius 3 is 2.15 bits per heavy atom. The Balaban J connectivity index is 1.42. The van der Waals surface area contributed by atoms with Crippen LogP contribution in [0.25, 0.3) is 0 Å². The molecule has 8 heteroatoms. The van der Waals surface area contributed by atoms with Gasteiger partial charge in [-0.1, -0.05) is 18.2 Å². The largest absolute Gasteiger partial charge is 0.369 e. The molecule has 1 fully saturated rings. The van der Waals surface area contributed by atoms with Crippen molar-refractivity contribution in [2.75, 3.05) is 48.2 Å². The molecule has 3 aromatic carbocycles. The summed E-state index contributed by atoms with van der Waals surface area (Å²) in [5.74, 6) is -0.290. The topological polar surface area (TPSA) is 81.7 Å². The number of hydrogen-bond acceptors (Lipinski definition) is 5. The molecule has 1 saturated heterocycles. The summed E-state index contributed by atoms with van der Waals surface area (Å²) in [7, 11) is -1.60. The molecule has 1 aliphatic heterocycles. The number of carbonyl (C=O) groups excluding carboxylic acids is 1. The zero-order chi connectivity index (χ0) is 23.4. The van der Waals surface area contributed by atoms with Gasteiger partial charge in [-0.2, -0.15) is 0 Å². The summed E-state index contributed by atoms with van der Waals surface area (Å²) in [6, 6.07) is 20.5. The van der Waals surface area contributed by atoms with Crippen LogP contribution in [-0.4, -0.2) is 52.5 Å². The molecule has 0 radical (unpaired) electrons. The van der Waals surface area contributed by atoms with Crippen LogP contribution < -0.4 is 14.9 Å². The maximum absolute atomic E-state index is 12.7. The van der Waals surface area contributed by atoms with Gasteiger partial charge >= 0.3 is 0 Å². The van der Waals surface area contributed by atoms with E-state index in [-0.39, 0.29) is 10.8 Å². The predicted molar refractivity (Wildman–Crippen MR) is 133 cm³/mol. The molecule has 0 aromatic heterocycles. The summed E-state index contributed by atoms with van der Waals surface area (Å²) in [6.07, 6.45) is 0. The Morgan fingerprint density at radius 1 is 0.848 bits per heavy atom. The third kappa shape index (κ3) is 5.53. The molecular formula is C25H28N4O3S. The summed E-state index contributed by atoms with van der Waals surface area (Å²) in [5, 5.41) is 2.90. The fourth-order valence-corrected chi connectivity index (χ4v) is 4.90. The van der Waals surface area contributed by atoms with E-state index in [1.54, 1.807) is 24.3 Å². The highest BCUT2D eigenvalue weighted by Gasteiger charge is 2.17. The van der Waals surface area contributed by atoms with E-state index in [9.17, 15) is 13.2 Å². The number of nitrogens with one attached hydrogen (secondary N) is 2. The lowest BCUT2D eigenvalue weighted by Crippen LogP contribution is -2.44. The second kappa shape index (κ2) is 9.64. The van der Waals surface area contributed by atoms with Crippen LogP contribution in [0.1, 0.15) is 15.9 Å². The first-order valence-corrected chi connectivity index (χ1v) is 12.3. The van der Waals surface area contributed by atoms with Crippen molar-refractivity contribution in [3.8, 4) is 0 Å². The molecule has 0 bridgehead atoms. The van der Waals surface area contributed by atoms with E-state index in [1.165, 1.54) is 30.0 Å². The van der Waals surface area contributed by atoms with E-state index in [1.807, 2.05) is 31.2 Å². The van der Waals surface area contributed by atoms with Crippen molar-refractivity contribution in [3.63, 3.8) is 0 Å². The van der Waals surface area contributed by atoms with Gasteiger partial charge in [-0.25, -0.2) is 8.42 Å². The first kappa shape index (κ1) is 22.8. The second-order valence-electron chi connectivity index (χ2n) is 8.24. The van der Waals surface area contributed by atoms with Crippen molar-refractivity contribution in [2.24, 2.45) is 0 Å². The second-order valence-corrected chi connectivity index (χ2v) is 9.92. The number of carbonyl (C=O) groups is 1. The van der Waals surface area contributed by atoms with E-state index in [4.69, 9.17) is 0 Å². The zero-order valence-corrected chi connectivity index (χ0v) is 19.6. The number of sulfonamides is 1. The molecule has 7 nitrogen and oxygen atoms in total. The van der Waals surface area contributed by atoms with Gasteiger partial charge in [-0.3, -0.25) is 9.52 Å². The van der Waals surface area contributed by atoms with Crippen LogP contribution in [0.3, 0.4) is 0 Å². The average molecular weight is 465 g/mol. The lowest BCUT2D eigenvalue weighted by molar-refractivity contribution is 0.102. The fraction of sp³-hybridized carbons (Fsp3) is 0.240. The monoisotopic (exact) mass is 464 g/mol. The maximum atomic E-state index is 12.7. The number of amides is 1. The van der Waals surface area contributed by atoms with Crippen LogP contribution in [-0.2, 0) is 10.0 Å². The van der Waals surface area contributed by atoms with Gasteiger partial charge in [0.15, 0.2) is 0 Å². The van der Waals surface area contributed by atoms with Crippen LogP contribution in [0.4, 0.5) is 17.1 Å². The van der Waals surface area contributed by atoms with Gasteiger partial charge in [-0.05, 0) is 74.1 Å². The number of para-hydroxylation sites is 1. The van der Waals surface area contributed by atoms with Crippen LogP contribution in [0, 0.1) is 6.92 Å². The van der Waals surface area contributed by atoms with Gasteiger partial charge in [0.25, 0.3) is 15.9 Å². The van der Waals surface area contributed by atoms with Crippen LogP contribution in [0.2, 0.25) is 0 Å². The highest BCUT2D eigenvalue weighted by molar-refractivity contribution is 7.92. The molecule has 4 rings (SSSR count). The third-order valence-electron chi connectivity index (χ3n) is 5.75. The van der Waals surface area contributed by atoms with E-state index < -0.39 is 10.0 Å². The molecule has 33 heavy (non-hydrogen) atoms. The molecule has 172 valence electrons. The van der Waals surface area contributed by atoms with E-state index in [2.05, 4.69) is 26.9 Å². The van der Waals surface area contributed by atoms with Crippen LogP contribution in [0.5, 0.6) is 0 Å². The van der Waals surface area contributed by atoms with Crippen molar-refractivity contribution in [1.82, 2.24) is 4.90 Å². The quantitative estimate of drug-likeness (QED) is 0.580. The van der Waals surface area contributed by atoms with Crippen LogP contribution in [0.15, 0.2) is 77.7 Å². The number of anilines is 3. The first-order valence-electron chi connectivity index (χ1n) is 10.9. The highest BCUT2D eigenvalue weighted by atomic mass is 32.2. The molecule has 1 aliphatic rings. The highest BCUT2D eigenvalue weighted by Crippen LogP contribution is 2.25. The smallest absolute Gasteiger partial charge is 0.261 e. The molecule has 0 saturated carbocycles. The van der Waals surface area contributed by atoms with Gasteiger partial charge in [0.1, 0.15) is 0 Å². The minimum atomic E-state index is -3.73. The summed E-state index contributed by atoms with van der Waals surface area (Å²) >= 11 is 0. The van der Waals surface area contributed by atoms with Crippen molar-refractivity contribution in [2.45, 2.75) is 11.8 Å². The lowest BCUT2D eigenvalue weighted by atomic mass is 10.1. The van der Waals surface area contributed by atoms with Crippen molar-refractivity contribution < 1.29 is 13.2 Å². The summed E-state index contributed by atoms with van der Waals surface area (Å²) in [4.78, 5) is 17.5. The van der Waals surface area contributed by atoms with Crippen molar-refractivity contribution in [3.05, 3.63) is 83.9 Å².